The number of hydrogen-bond donors (Lipinski definition) is 1. The van der Waals surface area contributed by atoms with Crippen molar-refractivity contribution in [3.8, 4) is 0 Å². The summed E-state index contributed by atoms with van der Waals surface area (Å²) in [4.78, 5) is 0. The molecule has 0 aromatic carbocycles. The van der Waals surface area contributed by atoms with Crippen molar-refractivity contribution in [1.82, 2.24) is 9.78 Å². The SMILES string of the molecule is CC(C)c1nn(C)c(Cl)c1C1(N)CC1. The first kappa shape index (κ1) is 9.99. The van der Waals surface area contributed by atoms with E-state index in [-0.39, 0.29) is 5.54 Å². The van der Waals surface area contributed by atoms with Crippen LogP contribution in [0.25, 0.3) is 0 Å². The molecule has 0 unspecified atom stereocenters. The standard InChI is InChI=1S/C10H16ClN3/c1-6(2)8-7(10(12)4-5-10)9(11)14(3)13-8/h6H,4-5,12H2,1-3H3. The molecular formula is C10H16ClN3. The normalized spacial score (nSPS) is 19.0. The second kappa shape index (κ2) is 2.97. The summed E-state index contributed by atoms with van der Waals surface area (Å²) in [7, 11) is 1.86. The first-order valence-corrected chi connectivity index (χ1v) is 5.35. The van der Waals surface area contributed by atoms with Crippen molar-refractivity contribution in [3.63, 3.8) is 0 Å². The van der Waals surface area contributed by atoms with Gasteiger partial charge in [0.1, 0.15) is 5.15 Å². The molecular weight excluding hydrogens is 198 g/mol. The highest BCUT2D eigenvalue weighted by atomic mass is 35.5. The zero-order valence-electron chi connectivity index (χ0n) is 8.84. The van der Waals surface area contributed by atoms with Gasteiger partial charge < -0.3 is 5.73 Å². The Morgan fingerprint density at radius 1 is 1.50 bits per heavy atom. The highest BCUT2D eigenvalue weighted by Gasteiger charge is 2.45. The number of aromatic nitrogens is 2. The summed E-state index contributed by atoms with van der Waals surface area (Å²) in [5.74, 6) is 0.379. The van der Waals surface area contributed by atoms with Crippen LogP contribution in [-0.2, 0) is 12.6 Å². The number of halogens is 1. The zero-order valence-corrected chi connectivity index (χ0v) is 9.60. The first-order valence-electron chi connectivity index (χ1n) is 4.97. The minimum absolute atomic E-state index is 0.190. The van der Waals surface area contributed by atoms with Crippen LogP contribution >= 0.6 is 11.6 Å². The second-order valence-corrected chi connectivity index (χ2v) is 4.84. The Hall–Kier alpha value is -0.540. The average Bonchev–Trinajstić information content (AvgIpc) is 2.74. The molecule has 1 aromatic rings. The van der Waals surface area contributed by atoms with Crippen molar-refractivity contribution >= 4 is 11.6 Å². The quantitative estimate of drug-likeness (QED) is 0.818. The lowest BCUT2D eigenvalue weighted by molar-refractivity contribution is 0.693. The van der Waals surface area contributed by atoms with Gasteiger partial charge >= 0.3 is 0 Å². The molecule has 0 amide bonds. The summed E-state index contributed by atoms with van der Waals surface area (Å²) in [6, 6.07) is 0. The van der Waals surface area contributed by atoms with E-state index < -0.39 is 0 Å². The van der Waals surface area contributed by atoms with Crippen LogP contribution in [0.15, 0.2) is 0 Å². The highest BCUT2D eigenvalue weighted by Crippen LogP contribution is 2.48. The van der Waals surface area contributed by atoms with Crippen LogP contribution in [0, 0.1) is 0 Å². The summed E-state index contributed by atoms with van der Waals surface area (Å²) in [6.07, 6.45) is 2.05. The summed E-state index contributed by atoms with van der Waals surface area (Å²) >= 11 is 6.20. The van der Waals surface area contributed by atoms with Gasteiger partial charge in [-0.05, 0) is 18.8 Å². The van der Waals surface area contributed by atoms with Crippen LogP contribution < -0.4 is 5.73 Å². The van der Waals surface area contributed by atoms with E-state index in [1.807, 2.05) is 7.05 Å². The molecule has 1 heterocycles. The molecule has 1 aliphatic rings. The molecule has 1 fully saturated rings. The van der Waals surface area contributed by atoms with Crippen LogP contribution in [0.3, 0.4) is 0 Å². The first-order chi connectivity index (χ1) is 6.46. The van der Waals surface area contributed by atoms with E-state index in [1.165, 1.54) is 0 Å². The van der Waals surface area contributed by atoms with E-state index in [0.717, 1.165) is 24.1 Å². The predicted molar refractivity (Wildman–Crippen MR) is 57.4 cm³/mol. The second-order valence-electron chi connectivity index (χ2n) is 4.49. The molecule has 3 nitrogen and oxygen atoms in total. The third kappa shape index (κ3) is 1.35. The van der Waals surface area contributed by atoms with E-state index in [4.69, 9.17) is 17.3 Å². The minimum atomic E-state index is -0.190. The highest BCUT2D eigenvalue weighted by molar-refractivity contribution is 6.30. The summed E-state index contributed by atoms with van der Waals surface area (Å²) in [6.45, 7) is 4.24. The molecule has 2 N–H and O–H groups in total. The maximum absolute atomic E-state index is 6.20. The van der Waals surface area contributed by atoms with Crippen LogP contribution in [0.4, 0.5) is 0 Å². The molecule has 78 valence electrons. The molecule has 1 saturated carbocycles. The largest absolute Gasteiger partial charge is 0.321 e. The van der Waals surface area contributed by atoms with Crippen molar-refractivity contribution in [3.05, 3.63) is 16.4 Å². The van der Waals surface area contributed by atoms with Gasteiger partial charge in [-0.25, -0.2) is 0 Å². The molecule has 0 bridgehead atoms. The molecule has 0 atom stereocenters. The van der Waals surface area contributed by atoms with E-state index in [2.05, 4.69) is 18.9 Å². The topological polar surface area (TPSA) is 43.8 Å². The van der Waals surface area contributed by atoms with Gasteiger partial charge in [0.05, 0.1) is 5.69 Å². The van der Waals surface area contributed by atoms with Gasteiger partial charge in [-0.1, -0.05) is 25.4 Å². The Balaban J connectivity index is 2.55. The maximum atomic E-state index is 6.20. The van der Waals surface area contributed by atoms with E-state index in [1.54, 1.807) is 4.68 Å². The molecule has 0 spiro atoms. The summed E-state index contributed by atoms with van der Waals surface area (Å²) in [5.41, 5.74) is 8.11. The Morgan fingerprint density at radius 2 is 2.07 bits per heavy atom. The lowest BCUT2D eigenvalue weighted by atomic mass is 10.00. The Labute approximate surface area is 89.2 Å². The number of nitrogens with zero attached hydrogens (tertiary/aromatic N) is 2. The molecule has 0 saturated heterocycles. The van der Waals surface area contributed by atoms with Crippen molar-refractivity contribution in [2.45, 2.75) is 38.1 Å². The summed E-state index contributed by atoms with van der Waals surface area (Å²) < 4.78 is 1.72. The molecule has 14 heavy (non-hydrogen) atoms. The molecule has 1 aliphatic carbocycles. The number of nitrogens with two attached hydrogens (primary N) is 1. The molecule has 4 heteroatoms. The van der Waals surface area contributed by atoms with Gasteiger partial charge in [-0.3, -0.25) is 4.68 Å². The van der Waals surface area contributed by atoms with Gasteiger partial charge in [-0.2, -0.15) is 5.10 Å². The van der Waals surface area contributed by atoms with Gasteiger partial charge in [0, 0.05) is 18.2 Å². The Kier molecular flexibility index (Phi) is 2.12. The van der Waals surface area contributed by atoms with Crippen molar-refractivity contribution < 1.29 is 0 Å². The van der Waals surface area contributed by atoms with Gasteiger partial charge in [0.2, 0.25) is 0 Å². The van der Waals surface area contributed by atoms with Gasteiger partial charge in [-0.15, -0.1) is 0 Å². The summed E-state index contributed by atoms with van der Waals surface area (Å²) in [5, 5.41) is 5.12. The third-order valence-electron chi connectivity index (χ3n) is 2.84. The van der Waals surface area contributed by atoms with E-state index in [0.29, 0.717) is 11.1 Å². The van der Waals surface area contributed by atoms with Gasteiger partial charge in [0.25, 0.3) is 0 Å². The number of hydrogen-bond acceptors (Lipinski definition) is 2. The van der Waals surface area contributed by atoms with Crippen molar-refractivity contribution in [2.75, 3.05) is 0 Å². The average molecular weight is 214 g/mol. The Morgan fingerprint density at radius 3 is 2.50 bits per heavy atom. The molecule has 0 radical (unpaired) electrons. The fraction of sp³-hybridized carbons (Fsp3) is 0.700. The monoisotopic (exact) mass is 213 g/mol. The van der Waals surface area contributed by atoms with E-state index in [9.17, 15) is 0 Å². The molecule has 2 rings (SSSR count). The molecule has 1 aromatic heterocycles. The number of rotatable bonds is 2. The fourth-order valence-electron chi connectivity index (χ4n) is 1.77. The maximum Gasteiger partial charge on any atom is 0.132 e. The lowest BCUT2D eigenvalue weighted by Gasteiger charge is -2.11. The Bertz CT molecular complexity index is 364. The predicted octanol–water partition coefficient (Wildman–Crippen LogP) is 2.14. The van der Waals surface area contributed by atoms with Crippen LogP contribution in [0.1, 0.15) is 43.9 Å². The minimum Gasteiger partial charge on any atom is -0.321 e. The lowest BCUT2D eigenvalue weighted by Crippen LogP contribution is -2.20. The zero-order chi connectivity index (χ0) is 10.5. The van der Waals surface area contributed by atoms with Crippen LogP contribution in [0.2, 0.25) is 5.15 Å². The van der Waals surface area contributed by atoms with Gasteiger partial charge in [0.15, 0.2) is 0 Å². The molecule has 0 aliphatic heterocycles. The van der Waals surface area contributed by atoms with Crippen LogP contribution in [0.5, 0.6) is 0 Å². The van der Waals surface area contributed by atoms with Crippen molar-refractivity contribution in [1.29, 1.82) is 0 Å². The van der Waals surface area contributed by atoms with Crippen molar-refractivity contribution in [2.24, 2.45) is 12.8 Å². The third-order valence-corrected chi connectivity index (χ3v) is 3.27. The van der Waals surface area contributed by atoms with Crippen LogP contribution in [-0.4, -0.2) is 9.78 Å². The van der Waals surface area contributed by atoms with E-state index >= 15 is 0 Å². The smallest absolute Gasteiger partial charge is 0.132 e. The number of aryl methyl sites for hydroxylation is 1. The fourth-order valence-corrected chi connectivity index (χ4v) is 2.10.